The Morgan fingerprint density at radius 1 is 1.27 bits per heavy atom. The van der Waals surface area contributed by atoms with E-state index in [-0.39, 0.29) is 24.0 Å². The Hall–Kier alpha value is -1.09. The number of hydrogen-bond acceptors (Lipinski definition) is 4. The second-order valence-electron chi connectivity index (χ2n) is 8.33. The molecule has 1 atom stereocenters. The van der Waals surface area contributed by atoms with Crippen LogP contribution in [0.15, 0.2) is 23.3 Å². The molecule has 1 unspecified atom stereocenters. The summed E-state index contributed by atoms with van der Waals surface area (Å²) in [5.74, 6) is 2.80. The maximum atomic E-state index is 4.69. The average Bonchev–Trinajstić information content (AvgIpc) is 2.75. The SMILES string of the molecule is CCN(CC)CCCC(C)NC(=NC)NCc1ccc(N2CCC(C)CC2)nc1.I. The van der Waals surface area contributed by atoms with Crippen molar-refractivity contribution in [2.75, 3.05) is 44.7 Å². The summed E-state index contributed by atoms with van der Waals surface area (Å²) < 4.78 is 0. The number of anilines is 1. The minimum atomic E-state index is 0. The fraction of sp³-hybridized carbons (Fsp3) is 0.739. The fourth-order valence-electron chi connectivity index (χ4n) is 3.79. The van der Waals surface area contributed by atoms with E-state index in [4.69, 9.17) is 0 Å². The first kappa shape index (κ1) is 26.9. The first-order valence-electron chi connectivity index (χ1n) is 11.4. The molecular weight excluding hydrogens is 487 g/mol. The summed E-state index contributed by atoms with van der Waals surface area (Å²) in [5.41, 5.74) is 1.18. The number of guanidine groups is 1. The molecule has 172 valence electrons. The summed E-state index contributed by atoms with van der Waals surface area (Å²) in [4.78, 5) is 13.9. The van der Waals surface area contributed by atoms with Gasteiger partial charge in [0.1, 0.15) is 5.82 Å². The molecule has 0 aliphatic carbocycles. The molecule has 1 aliphatic heterocycles. The molecule has 2 heterocycles. The van der Waals surface area contributed by atoms with Gasteiger partial charge in [0.25, 0.3) is 0 Å². The molecule has 0 amide bonds. The number of halogens is 1. The highest BCUT2D eigenvalue weighted by Gasteiger charge is 2.16. The van der Waals surface area contributed by atoms with Gasteiger partial charge in [-0.3, -0.25) is 4.99 Å². The monoisotopic (exact) mass is 530 g/mol. The Balaban J connectivity index is 0.00000450. The molecular formula is C23H43IN6. The highest BCUT2D eigenvalue weighted by atomic mass is 127. The van der Waals surface area contributed by atoms with Gasteiger partial charge in [-0.1, -0.05) is 26.8 Å². The maximum Gasteiger partial charge on any atom is 0.191 e. The zero-order chi connectivity index (χ0) is 21.1. The van der Waals surface area contributed by atoms with E-state index in [1.165, 1.54) is 31.4 Å². The second-order valence-corrected chi connectivity index (χ2v) is 8.33. The van der Waals surface area contributed by atoms with Crippen LogP contribution in [0, 0.1) is 5.92 Å². The molecule has 0 aromatic carbocycles. The van der Waals surface area contributed by atoms with Gasteiger partial charge in [-0.2, -0.15) is 0 Å². The standard InChI is InChI=1S/C23H42N6.HI/c1-6-28(7-2)14-8-9-20(4)27-23(24-5)26-18-21-10-11-22(25-17-21)29-15-12-19(3)13-16-29;/h10-11,17,19-20H,6-9,12-16,18H2,1-5H3,(H2,24,26,27);1H. The van der Waals surface area contributed by atoms with Crippen molar-refractivity contribution in [3.8, 4) is 0 Å². The number of aromatic nitrogens is 1. The van der Waals surface area contributed by atoms with E-state index >= 15 is 0 Å². The summed E-state index contributed by atoms with van der Waals surface area (Å²) in [6, 6.07) is 4.73. The number of piperidine rings is 1. The highest BCUT2D eigenvalue weighted by molar-refractivity contribution is 14.0. The van der Waals surface area contributed by atoms with Crippen molar-refractivity contribution in [1.82, 2.24) is 20.5 Å². The number of hydrogen-bond donors (Lipinski definition) is 2. The van der Waals surface area contributed by atoms with Gasteiger partial charge in [0.15, 0.2) is 5.96 Å². The third-order valence-electron chi connectivity index (χ3n) is 5.99. The van der Waals surface area contributed by atoms with Crippen molar-refractivity contribution in [3.63, 3.8) is 0 Å². The summed E-state index contributed by atoms with van der Waals surface area (Å²) in [6.07, 6.45) is 6.86. The lowest BCUT2D eigenvalue weighted by atomic mass is 9.99. The van der Waals surface area contributed by atoms with Gasteiger partial charge in [-0.15, -0.1) is 24.0 Å². The molecule has 0 saturated carbocycles. The molecule has 2 rings (SSSR count). The van der Waals surface area contributed by atoms with Crippen LogP contribution < -0.4 is 15.5 Å². The highest BCUT2D eigenvalue weighted by Crippen LogP contribution is 2.21. The molecule has 6 nitrogen and oxygen atoms in total. The van der Waals surface area contributed by atoms with Gasteiger partial charge in [0.05, 0.1) is 0 Å². The van der Waals surface area contributed by atoms with E-state index in [0.29, 0.717) is 6.04 Å². The van der Waals surface area contributed by atoms with Crippen LogP contribution in [-0.4, -0.2) is 61.7 Å². The first-order chi connectivity index (χ1) is 14.0. The molecule has 1 aromatic rings. The summed E-state index contributed by atoms with van der Waals surface area (Å²) in [6.45, 7) is 15.4. The lowest BCUT2D eigenvalue weighted by Crippen LogP contribution is -2.42. The van der Waals surface area contributed by atoms with Crippen molar-refractivity contribution in [3.05, 3.63) is 23.9 Å². The first-order valence-corrected chi connectivity index (χ1v) is 11.4. The van der Waals surface area contributed by atoms with Crippen LogP contribution in [0.4, 0.5) is 5.82 Å². The van der Waals surface area contributed by atoms with E-state index in [0.717, 1.165) is 56.8 Å². The molecule has 1 aliphatic rings. The number of aliphatic imine (C=N–C) groups is 1. The smallest absolute Gasteiger partial charge is 0.191 e. The fourth-order valence-corrected chi connectivity index (χ4v) is 3.79. The number of nitrogens with one attached hydrogen (secondary N) is 2. The van der Waals surface area contributed by atoms with Crippen LogP contribution in [0.25, 0.3) is 0 Å². The lowest BCUT2D eigenvalue weighted by Gasteiger charge is -2.31. The van der Waals surface area contributed by atoms with Crippen molar-refractivity contribution in [2.45, 2.75) is 66.0 Å². The molecule has 1 aromatic heterocycles. The second kappa shape index (κ2) is 14.8. The molecule has 7 heteroatoms. The van der Waals surface area contributed by atoms with E-state index in [2.05, 4.69) is 70.2 Å². The molecule has 0 spiro atoms. The van der Waals surface area contributed by atoms with Crippen LogP contribution in [-0.2, 0) is 6.54 Å². The molecule has 0 bridgehead atoms. The molecule has 2 N–H and O–H groups in total. The summed E-state index contributed by atoms with van der Waals surface area (Å²) in [5, 5.41) is 6.92. The van der Waals surface area contributed by atoms with E-state index < -0.39 is 0 Å². The predicted molar refractivity (Wildman–Crippen MR) is 140 cm³/mol. The summed E-state index contributed by atoms with van der Waals surface area (Å²) in [7, 11) is 1.83. The normalized spacial score (nSPS) is 16.3. The van der Waals surface area contributed by atoms with Gasteiger partial charge in [0, 0.05) is 38.9 Å². The van der Waals surface area contributed by atoms with E-state index in [9.17, 15) is 0 Å². The van der Waals surface area contributed by atoms with Crippen molar-refractivity contribution in [2.24, 2.45) is 10.9 Å². The topological polar surface area (TPSA) is 55.8 Å². The quantitative estimate of drug-likeness (QED) is 0.271. The predicted octanol–water partition coefficient (Wildman–Crippen LogP) is 4.11. The van der Waals surface area contributed by atoms with Crippen molar-refractivity contribution >= 4 is 35.8 Å². The molecule has 1 fully saturated rings. The van der Waals surface area contributed by atoms with Gasteiger partial charge < -0.3 is 20.4 Å². The minimum absolute atomic E-state index is 0. The minimum Gasteiger partial charge on any atom is -0.357 e. The van der Waals surface area contributed by atoms with Crippen molar-refractivity contribution < 1.29 is 0 Å². The maximum absolute atomic E-state index is 4.69. The summed E-state index contributed by atoms with van der Waals surface area (Å²) >= 11 is 0. The Morgan fingerprint density at radius 2 is 1.97 bits per heavy atom. The largest absolute Gasteiger partial charge is 0.357 e. The zero-order valence-electron chi connectivity index (χ0n) is 19.7. The average molecular weight is 531 g/mol. The Morgan fingerprint density at radius 3 is 2.53 bits per heavy atom. The molecule has 0 radical (unpaired) electrons. The van der Waals surface area contributed by atoms with Gasteiger partial charge >= 0.3 is 0 Å². The van der Waals surface area contributed by atoms with Crippen LogP contribution in [0.3, 0.4) is 0 Å². The third kappa shape index (κ3) is 9.37. The van der Waals surface area contributed by atoms with Crippen LogP contribution in [0.5, 0.6) is 0 Å². The Bertz CT molecular complexity index is 594. The van der Waals surface area contributed by atoms with Crippen LogP contribution >= 0.6 is 24.0 Å². The Kier molecular flexibility index (Phi) is 13.3. The zero-order valence-corrected chi connectivity index (χ0v) is 22.0. The van der Waals surface area contributed by atoms with Crippen molar-refractivity contribution in [1.29, 1.82) is 0 Å². The van der Waals surface area contributed by atoms with Crippen LogP contribution in [0.1, 0.15) is 58.9 Å². The number of pyridine rings is 1. The molecule has 30 heavy (non-hydrogen) atoms. The van der Waals surface area contributed by atoms with Gasteiger partial charge in [-0.05, 0) is 69.8 Å². The third-order valence-corrected chi connectivity index (χ3v) is 5.99. The van der Waals surface area contributed by atoms with Crippen LogP contribution in [0.2, 0.25) is 0 Å². The van der Waals surface area contributed by atoms with E-state index in [1.807, 2.05) is 13.2 Å². The number of nitrogens with zero attached hydrogens (tertiary/aromatic N) is 4. The van der Waals surface area contributed by atoms with Gasteiger partial charge in [-0.25, -0.2) is 4.98 Å². The molecule has 1 saturated heterocycles. The number of rotatable bonds is 10. The van der Waals surface area contributed by atoms with Gasteiger partial charge in [0.2, 0.25) is 0 Å². The Labute approximate surface area is 201 Å². The van der Waals surface area contributed by atoms with E-state index in [1.54, 1.807) is 0 Å². The lowest BCUT2D eigenvalue weighted by molar-refractivity contribution is 0.292.